The fraction of sp³-hybridized carbons (Fsp3) is 0.348. The molecule has 0 N–H and O–H groups in total. The maximum Gasteiger partial charge on any atom is 0.277 e. The van der Waals surface area contributed by atoms with Gasteiger partial charge < -0.3 is 9.32 Å². The predicted octanol–water partition coefficient (Wildman–Crippen LogP) is 5.35. The van der Waals surface area contributed by atoms with Crippen molar-refractivity contribution in [2.45, 2.75) is 57.2 Å². The van der Waals surface area contributed by atoms with Gasteiger partial charge in [0, 0.05) is 17.6 Å². The van der Waals surface area contributed by atoms with Crippen LogP contribution in [0.5, 0.6) is 0 Å². The van der Waals surface area contributed by atoms with Gasteiger partial charge in [0.25, 0.3) is 5.22 Å². The summed E-state index contributed by atoms with van der Waals surface area (Å²) in [5.41, 5.74) is 2.78. The quantitative estimate of drug-likeness (QED) is 0.514. The zero-order valence-corrected chi connectivity index (χ0v) is 18.4. The van der Waals surface area contributed by atoms with Gasteiger partial charge in [-0.25, -0.2) is 0 Å². The molecule has 0 spiro atoms. The van der Waals surface area contributed by atoms with Crippen LogP contribution < -0.4 is 0 Å². The van der Waals surface area contributed by atoms with Gasteiger partial charge in [0.2, 0.25) is 11.8 Å². The minimum absolute atomic E-state index is 0.0435. The van der Waals surface area contributed by atoms with Crippen molar-refractivity contribution < 1.29 is 9.21 Å². The lowest BCUT2D eigenvalue weighted by atomic mass is 10.0. The number of aryl methyl sites for hydroxylation is 1. The standard InChI is InChI=1S/C23H27N3O2S/c1-16-11-9-10-14-19(16)20-24-25-22(28-20)29-17(2)21(27)26(23(3,4)5)15-18-12-7-6-8-13-18/h6-14,17H,15H2,1-5H3/t17-/m1/s1. The SMILES string of the molecule is Cc1ccccc1-c1nnc(S[C@H](C)C(=O)N(Cc2ccccc2)C(C)(C)C)o1. The number of aromatic nitrogens is 2. The average molecular weight is 410 g/mol. The number of rotatable bonds is 6. The smallest absolute Gasteiger partial charge is 0.277 e. The van der Waals surface area contributed by atoms with Crippen LogP contribution in [-0.2, 0) is 11.3 Å². The van der Waals surface area contributed by atoms with Gasteiger partial charge >= 0.3 is 0 Å². The molecule has 0 unspecified atom stereocenters. The van der Waals surface area contributed by atoms with Crippen molar-refractivity contribution in [1.82, 2.24) is 15.1 Å². The van der Waals surface area contributed by atoms with Crippen molar-refractivity contribution in [1.29, 1.82) is 0 Å². The van der Waals surface area contributed by atoms with E-state index in [0.29, 0.717) is 17.7 Å². The summed E-state index contributed by atoms with van der Waals surface area (Å²) in [6.45, 7) is 10.6. The highest BCUT2D eigenvalue weighted by atomic mass is 32.2. The Hall–Kier alpha value is -2.60. The summed E-state index contributed by atoms with van der Waals surface area (Å²) in [6.07, 6.45) is 0. The number of benzene rings is 2. The van der Waals surface area contributed by atoms with Crippen LogP contribution in [-0.4, -0.2) is 31.8 Å². The first-order chi connectivity index (χ1) is 13.8. The third-order valence-corrected chi connectivity index (χ3v) is 5.59. The molecule has 152 valence electrons. The van der Waals surface area contributed by atoms with E-state index >= 15 is 0 Å². The summed E-state index contributed by atoms with van der Waals surface area (Å²) in [7, 11) is 0. The summed E-state index contributed by atoms with van der Waals surface area (Å²) in [6, 6.07) is 17.9. The molecule has 3 rings (SSSR count). The Kier molecular flexibility index (Phi) is 6.42. The van der Waals surface area contributed by atoms with E-state index in [9.17, 15) is 4.79 Å². The zero-order chi connectivity index (χ0) is 21.0. The molecule has 0 saturated carbocycles. The summed E-state index contributed by atoms with van der Waals surface area (Å²) in [5, 5.41) is 8.35. The highest BCUT2D eigenvalue weighted by Gasteiger charge is 2.31. The van der Waals surface area contributed by atoms with Gasteiger partial charge in [-0.05, 0) is 51.8 Å². The largest absolute Gasteiger partial charge is 0.411 e. The Labute approximate surface area is 176 Å². The van der Waals surface area contributed by atoms with Crippen LogP contribution >= 0.6 is 11.8 Å². The lowest BCUT2D eigenvalue weighted by molar-refractivity contribution is -0.135. The molecule has 0 aliphatic heterocycles. The van der Waals surface area contributed by atoms with E-state index in [1.165, 1.54) is 11.8 Å². The van der Waals surface area contributed by atoms with Crippen LogP contribution in [0.15, 0.2) is 64.2 Å². The van der Waals surface area contributed by atoms with Crippen LogP contribution in [0.1, 0.15) is 38.8 Å². The Morgan fingerprint density at radius 2 is 1.72 bits per heavy atom. The predicted molar refractivity (Wildman–Crippen MR) is 117 cm³/mol. The van der Waals surface area contributed by atoms with Crippen molar-refractivity contribution in [3.05, 3.63) is 65.7 Å². The van der Waals surface area contributed by atoms with Crippen LogP contribution in [0.25, 0.3) is 11.5 Å². The molecule has 0 fully saturated rings. The summed E-state index contributed by atoms with van der Waals surface area (Å²) in [4.78, 5) is 15.1. The van der Waals surface area contributed by atoms with E-state index in [1.54, 1.807) is 0 Å². The third-order valence-electron chi connectivity index (χ3n) is 4.67. The lowest BCUT2D eigenvalue weighted by Crippen LogP contribution is -2.48. The van der Waals surface area contributed by atoms with Crippen molar-refractivity contribution in [3.63, 3.8) is 0 Å². The number of hydrogen-bond acceptors (Lipinski definition) is 5. The van der Waals surface area contributed by atoms with Gasteiger partial charge in [0.05, 0.1) is 5.25 Å². The second kappa shape index (κ2) is 8.82. The van der Waals surface area contributed by atoms with Gasteiger partial charge in [0.1, 0.15) is 0 Å². The average Bonchev–Trinajstić information content (AvgIpc) is 3.14. The molecule has 1 aromatic heterocycles. The number of nitrogens with zero attached hydrogens (tertiary/aromatic N) is 3. The van der Waals surface area contributed by atoms with E-state index in [4.69, 9.17) is 4.42 Å². The Bertz CT molecular complexity index is 964. The lowest BCUT2D eigenvalue weighted by Gasteiger charge is -2.37. The van der Waals surface area contributed by atoms with Crippen LogP contribution in [0, 0.1) is 6.92 Å². The van der Waals surface area contributed by atoms with E-state index in [-0.39, 0.29) is 16.7 Å². The highest BCUT2D eigenvalue weighted by molar-refractivity contribution is 8.00. The summed E-state index contributed by atoms with van der Waals surface area (Å²) >= 11 is 1.30. The number of hydrogen-bond donors (Lipinski definition) is 0. The third kappa shape index (κ3) is 5.26. The van der Waals surface area contributed by atoms with Crippen molar-refractivity contribution in [2.24, 2.45) is 0 Å². The van der Waals surface area contributed by atoms with Crippen molar-refractivity contribution in [3.8, 4) is 11.5 Å². The van der Waals surface area contributed by atoms with Crippen LogP contribution in [0.2, 0.25) is 0 Å². The summed E-state index contributed by atoms with van der Waals surface area (Å²) in [5.74, 6) is 0.518. The van der Waals surface area contributed by atoms with E-state index < -0.39 is 0 Å². The number of amides is 1. The maximum atomic E-state index is 13.2. The Morgan fingerprint density at radius 3 is 2.38 bits per heavy atom. The normalized spacial score (nSPS) is 12.6. The fourth-order valence-electron chi connectivity index (χ4n) is 3.01. The molecule has 0 saturated heterocycles. The Morgan fingerprint density at radius 1 is 1.07 bits per heavy atom. The van der Waals surface area contributed by atoms with E-state index in [2.05, 4.69) is 10.2 Å². The molecule has 5 nitrogen and oxygen atoms in total. The molecule has 1 heterocycles. The van der Waals surface area contributed by atoms with Crippen molar-refractivity contribution in [2.75, 3.05) is 0 Å². The molecule has 1 amide bonds. The monoisotopic (exact) mass is 409 g/mol. The second-order valence-electron chi connectivity index (χ2n) is 8.03. The first-order valence-electron chi connectivity index (χ1n) is 9.67. The molecule has 1 atom stereocenters. The first kappa shape index (κ1) is 21.1. The molecule has 0 aliphatic carbocycles. The molecule has 0 radical (unpaired) electrons. The molecule has 0 bridgehead atoms. The topological polar surface area (TPSA) is 59.2 Å². The molecule has 6 heteroatoms. The molecule has 3 aromatic rings. The van der Waals surface area contributed by atoms with Gasteiger partial charge in [-0.2, -0.15) is 0 Å². The number of carbonyl (C=O) groups is 1. The van der Waals surface area contributed by atoms with Crippen molar-refractivity contribution >= 4 is 17.7 Å². The molecular weight excluding hydrogens is 382 g/mol. The number of carbonyl (C=O) groups excluding carboxylic acids is 1. The van der Waals surface area contributed by atoms with Gasteiger partial charge in [0.15, 0.2) is 0 Å². The van der Waals surface area contributed by atoms with Crippen LogP contribution in [0.4, 0.5) is 0 Å². The van der Waals surface area contributed by atoms with E-state index in [1.807, 2.05) is 94.1 Å². The molecule has 2 aromatic carbocycles. The molecule has 29 heavy (non-hydrogen) atoms. The van der Waals surface area contributed by atoms with Crippen LogP contribution in [0.3, 0.4) is 0 Å². The summed E-state index contributed by atoms with van der Waals surface area (Å²) < 4.78 is 5.82. The minimum atomic E-state index is -0.344. The zero-order valence-electron chi connectivity index (χ0n) is 17.5. The first-order valence-corrected chi connectivity index (χ1v) is 10.6. The minimum Gasteiger partial charge on any atom is -0.411 e. The highest BCUT2D eigenvalue weighted by Crippen LogP contribution is 2.30. The van der Waals surface area contributed by atoms with Gasteiger partial charge in [-0.1, -0.05) is 60.3 Å². The van der Waals surface area contributed by atoms with Gasteiger partial charge in [-0.15, -0.1) is 10.2 Å². The number of thioether (sulfide) groups is 1. The molecule has 0 aliphatic rings. The van der Waals surface area contributed by atoms with Gasteiger partial charge in [-0.3, -0.25) is 4.79 Å². The molecular formula is C23H27N3O2S. The fourth-order valence-corrected chi connectivity index (χ4v) is 3.76. The second-order valence-corrected chi connectivity index (χ2v) is 9.32. The maximum absolute atomic E-state index is 13.2. The van der Waals surface area contributed by atoms with E-state index in [0.717, 1.165) is 16.7 Å². The Balaban J connectivity index is 1.74.